The van der Waals surface area contributed by atoms with Crippen LogP contribution in [0.4, 0.5) is 0 Å². The highest BCUT2D eigenvalue weighted by Crippen LogP contribution is 2.27. The first-order valence-electron chi connectivity index (χ1n) is 4.12. The second-order valence-corrected chi connectivity index (χ2v) is 3.69. The van der Waals surface area contributed by atoms with Crippen molar-refractivity contribution in [2.45, 2.75) is 45.2 Å². The molecule has 2 heteroatoms. The van der Waals surface area contributed by atoms with Crippen molar-refractivity contribution >= 4 is 0 Å². The lowest BCUT2D eigenvalue weighted by molar-refractivity contribution is -0.912. The van der Waals surface area contributed by atoms with Gasteiger partial charge in [-0.05, 0) is 33.1 Å². The highest BCUT2D eigenvalue weighted by atomic mass is 16.5. The highest BCUT2D eigenvalue weighted by Gasteiger charge is 2.30. The third-order valence-corrected chi connectivity index (χ3v) is 2.99. The van der Waals surface area contributed by atoms with E-state index in [0.29, 0.717) is 12.1 Å². The van der Waals surface area contributed by atoms with Crippen LogP contribution in [0.1, 0.15) is 33.1 Å². The number of rotatable bonds is 0. The molecule has 1 rings (SSSR count). The van der Waals surface area contributed by atoms with Crippen LogP contribution >= 0.6 is 0 Å². The van der Waals surface area contributed by atoms with Crippen LogP contribution in [0.5, 0.6) is 0 Å². The van der Waals surface area contributed by atoms with Crippen molar-refractivity contribution in [2.24, 2.45) is 0 Å². The van der Waals surface area contributed by atoms with E-state index in [9.17, 15) is 5.21 Å². The molecule has 2 unspecified atom stereocenters. The molecule has 1 fully saturated rings. The van der Waals surface area contributed by atoms with Crippen LogP contribution in [0.15, 0.2) is 0 Å². The first-order chi connectivity index (χ1) is 4.55. The summed E-state index contributed by atoms with van der Waals surface area (Å²) in [5.74, 6) is 0. The Labute approximate surface area is 63.0 Å². The molecule has 60 valence electrons. The number of hydrogen-bond acceptors (Lipinski definition) is 1. The van der Waals surface area contributed by atoms with Gasteiger partial charge in [0, 0.05) is 0 Å². The molecule has 10 heavy (non-hydrogen) atoms. The Hall–Kier alpha value is -0.0800. The summed E-state index contributed by atoms with van der Waals surface area (Å²) in [5.41, 5.74) is 0. The van der Waals surface area contributed by atoms with Gasteiger partial charge in [-0.2, -0.15) is 0 Å². The fraction of sp³-hybridized carbons (Fsp3) is 1.00. The van der Waals surface area contributed by atoms with E-state index in [2.05, 4.69) is 13.8 Å². The second kappa shape index (κ2) is 2.51. The molecule has 0 saturated carbocycles. The first kappa shape index (κ1) is 8.02. The van der Waals surface area contributed by atoms with Gasteiger partial charge in [-0.1, -0.05) is 0 Å². The van der Waals surface area contributed by atoms with Crippen molar-refractivity contribution in [3.05, 3.63) is 5.21 Å². The van der Waals surface area contributed by atoms with Gasteiger partial charge >= 0.3 is 0 Å². The van der Waals surface area contributed by atoms with E-state index < -0.39 is 0 Å². The quantitative estimate of drug-likeness (QED) is 0.375. The summed E-state index contributed by atoms with van der Waals surface area (Å²) in [6.07, 6.45) is 3.44. The number of hydrogen-bond donors (Lipinski definition) is 0. The van der Waals surface area contributed by atoms with Crippen LogP contribution in [0.25, 0.3) is 0 Å². The SMILES string of the molecule is CC1CCCC(C)[N+]1(C)[O-]. The van der Waals surface area contributed by atoms with Gasteiger partial charge in [-0.25, -0.2) is 0 Å². The zero-order chi connectivity index (χ0) is 7.78. The molecule has 2 nitrogen and oxygen atoms in total. The predicted octanol–water partition coefficient (Wildman–Crippen LogP) is 1.89. The van der Waals surface area contributed by atoms with Gasteiger partial charge in [0.25, 0.3) is 0 Å². The first-order valence-corrected chi connectivity index (χ1v) is 4.12. The minimum absolute atomic E-state index is 0.0278. The maximum atomic E-state index is 11.7. The molecule has 0 aliphatic carbocycles. The Morgan fingerprint density at radius 1 is 1.20 bits per heavy atom. The zero-order valence-corrected chi connectivity index (χ0v) is 7.13. The molecule has 2 atom stereocenters. The summed E-state index contributed by atoms with van der Waals surface area (Å²) >= 11 is 0. The molecule has 0 radical (unpaired) electrons. The number of likely N-dealkylation sites (tertiary alicyclic amines) is 1. The number of nitrogens with zero attached hydrogens (tertiary/aromatic N) is 1. The Kier molecular flexibility index (Phi) is 2.02. The summed E-state index contributed by atoms with van der Waals surface area (Å²) in [6, 6.07) is 0.618. The van der Waals surface area contributed by atoms with Gasteiger partial charge in [0.05, 0.1) is 19.1 Å². The van der Waals surface area contributed by atoms with Crippen LogP contribution in [0.2, 0.25) is 0 Å². The standard InChI is InChI=1S/C8H17NO/c1-7-5-4-6-8(2)9(7,3)10/h7-8H,4-6H2,1-3H3. The van der Waals surface area contributed by atoms with Crippen LogP contribution in [0, 0.1) is 5.21 Å². The van der Waals surface area contributed by atoms with Crippen molar-refractivity contribution in [1.29, 1.82) is 0 Å². The smallest absolute Gasteiger partial charge is 0.0858 e. The number of quaternary nitrogens is 1. The molecule has 0 aromatic rings. The van der Waals surface area contributed by atoms with Gasteiger partial charge in [-0.15, -0.1) is 0 Å². The van der Waals surface area contributed by atoms with Crippen LogP contribution in [-0.2, 0) is 0 Å². The minimum Gasteiger partial charge on any atom is -0.633 e. The van der Waals surface area contributed by atoms with Crippen molar-refractivity contribution in [1.82, 2.24) is 0 Å². The van der Waals surface area contributed by atoms with Gasteiger partial charge < -0.3 is 9.85 Å². The molecule has 0 aromatic carbocycles. The second-order valence-electron chi connectivity index (χ2n) is 3.69. The zero-order valence-electron chi connectivity index (χ0n) is 7.13. The topological polar surface area (TPSA) is 23.1 Å². The number of piperidine rings is 1. The molecular formula is C8H17NO. The van der Waals surface area contributed by atoms with Gasteiger partial charge in [0.2, 0.25) is 0 Å². The lowest BCUT2D eigenvalue weighted by atomic mass is 9.98. The minimum atomic E-state index is -0.0278. The summed E-state index contributed by atoms with van der Waals surface area (Å²) < 4.78 is -0.0278. The Balaban J connectivity index is 2.63. The average molecular weight is 143 g/mol. The summed E-state index contributed by atoms with van der Waals surface area (Å²) in [7, 11) is 1.80. The van der Waals surface area contributed by atoms with E-state index in [1.54, 1.807) is 7.05 Å². The summed E-state index contributed by atoms with van der Waals surface area (Å²) in [4.78, 5) is 0. The Morgan fingerprint density at radius 2 is 1.60 bits per heavy atom. The fourth-order valence-electron chi connectivity index (χ4n) is 1.66. The van der Waals surface area contributed by atoms with E-state index in [4.69, 9.17) is 0 Å². The van der Waals surface area contributed by atoms with E-state index in [1.807, 2.05) is 0 Å². The molecule has 1 saturated heterocycles. The van der Waals surface area contributed by atoms with Crippen molar-refractivity contribution in [3.8, 4) is 0 Å². The van der Waals surface area contributed by atoms with E-state index in [1.165, 1.54) is 6.42 Å². The Morgan fingerprint density at radius 3 is 1.90 bits per heavy atom. The van der Waals surface area contributed by atoms with Crippen molar-refractivity contribution in [2.75, 3.05) is 7.05 Å². The van der Waals surface area contributed by atoms with Gasteiger partial charge in [0.15, 0.2) is 0 Å². The maximum absolute atomic E-state index is 11.7. The van der Waals surface area contributed by atoms with Crippen molar-refractivity contribution in [3.63, 3.8) is 0 Å². The van der Waals surface area contributed by atoms with Gasteiger partial charge in [-0.3, -0.25) is 0 Å². The molecule has 1 heterocycles. The molecule has 0 N–H and O–H groups in total. The molecule has 0 spiro atoms. The predicted molar refractivity (Wildman–Crippen MR) is 42.3 cm³/mol. The normalized spacial score (nSPS) is 49.2. The molecule has 0 aromatic heterocycles. The lowest BCUT2D eigenvalue weighted by Crippen LogP contribution is -2.54. The fourth-order valence-corrected chi connectivity index (χ4v) is 1.66. The average Bonchev–Trinajstić information content (AvgIpc) is 1.84. The lowest BCUT2D eigenvalue weighted by Gasteiger charge is -2.51. The van der Waals surface area contributed by atoms with Gasteiger partial charge in [0.1, 0.15) is 0 Å². The van der Waals surface area contributed by atoms with Crippen LogP contribution in [-0.4, -0.2) is 23.8 Å². The van der Waals surface area contributed by atoms with Crippen molar-refractivity contribution < 1.29 is 4.65 Å². The molecule has 1 aliphatic rings. The molecule has 0 bridgehead atoms. The number of hydroxylamine groups is 3. The highest BCUT2D eigenvalue weighted by molar-refractivity contribution is 4.66. The summed E-state index contributed by atoms with van der Waals surface area (Å²) in [5, 5.41) is 11.7. The van der Waals surface area contributed by atoms with Crippen LogP contribution in [0.3, 0.4) is 0 Å². The van der Waals surface area contributed by atoms with E-state index in [0.717, 1.165) is 12.8 Å². The van der Waals surface area contributed by atoms with E-state index >= 15 is 0 Å². The monoisotopic (exact) mass is 143 g/mol. The largest absolute Gasteiger partial charge is 0.633 e. The van der Waals surface area contributed by atoms with Crippen LogP contribution < -0.4 is 0 Å². The Bertz CT molecular complexity index is 110. The van der Waals surface area contributed by atoms with E-state index in [-0.39, 0.29) is 4.65 Å². The summed E-state index contributed by atoms with van der Waals surface area (Å²) in [6.45, 7) is 4.12. The third kappa shape index (κ3) is 1.18. The molecule has 0 amide bonds. The molecule has 1 aliphatic heterocycles. The third-order valence-electron chi connectivity index (χ3n) is 2.99. The maximum Gasteiger partial charge on any atom is 0.0858 e. The molecular weight excluding hydrogens is 126 g/mol.